The third-order valence-corrected chi connectivity index (χ3v) is 6.67. The van der Waals surface area contributed by atoms with Crippen LogP contribution in [-0.4, -0.2) is 52.2 Å². The Morgan fingerprint density at radius 2 is 1.86 bits per heavy atom. The van der Waals surface area contributed by atoms with Gasteiger partial charge >= 0.3 is 11.8 Å². The summed E-state index contributed by atoms with van der Waals surface area (Å²) in [5.41, 5.74) is -1.19. The molecule has 0 bridgehead atoms. The van der Waals surface area contributed by atoms with Crippen molar-refractivity contribution in [2.45, 2.75) is 43.9 Å². The van der Waals surface area contributed by atoms with Crippen LogP contribution in [0.15, 0.2) is 34.5 Å². The molecular weight excluding hydrogens is 455 g/mol. The SMILES string of the molecule is C=c1[nH]c2nc(Cc3cccc(C4(C(F)(F)F)N=N4)c3)nc(NCCCN3CCCCC3)c2c1=C. The number of piperidine rings is 1. The maximum absolute atomic E-state index is 13.4. The van der Waals surface area contributed by atoms with Crippen molar-refractivity contribution in [1.82, 2.24) is 19.9 Å². The number of anilines is 1. The number of nitrogens with zero attached hydrogens (tertiary/aromatic N) is 5. The molecule has 3 aromatic rings. The number of likely N-dealkylation sites (tertiary alicyclic amines) is 1. The first-order valence-corrected chi connectivity index (χ1v) is 11.9. The molecule has 0 unspecified atom stereocenters. The lowest BCUT2D eigenvalue weighted by Crippen LogP contribution is -2.31. The fourth-order valence-electron chi connectivity index (χ4n) is 4.68. The van der Waals surface area contributed by atoms with Gasteiger partial charge < -0.3 is 15.2 Å². The average molecular weight is 484 g/mol. The Kier molecular flexibility index (Phi) is 6.08. The summed E-state index contributed by atoms with van der Waals surface area (Å²) in [6.45, 7) is 12.2. The summed E-state index contributed by atoms with van der Waals surface area (Å²) in [5.74, 6) is 1.15. The molecule has 10 heteroatoms. The molecule has 2 aromatic heterocycles. The Bertz CT molecular complexity index is 1350. The number of nitrogens with one attached hydrogen (secondary N) is 2. The second-order valence-electron chi connectivity index (χ2n) is 9.22. The normalized spacial score (nSPS) is 17.7. The molecule has 184 valence electrons. The van der Waals surface area contributed by atoms with Crippen LogP contribution < -0.4 is 15.9 Å². The Hall–Kier alpha value is -3.27. The number of halogens is 3. The van der Waals surface area contributed by atoms with Crippen molar-refractivity contribution >= 4 is 30.0 Å². The Balaban J connectivity index is 1.36. The van der Waals surface area contributed by atoms with E-state index in [-0.39, 0.29) is 12.0 Å². The van der Waals surface area contributed by atoms with Gasteiger partial charge in [-0.15, -0.1) is 10.2 Å². The van der Waals surface area contributed by atoms with Gasteiger partial charge in [-0.2, -0.15) is 13.2 Å². The monoisotopic (exact) mass is 483 g/mol. The van der Waals surface area contributed by atoms with Gasteiger partial charge in [0.05, 0.1) is 5.39 Å². The van der Waals surface area contributed by atoms with Crippen molar-refractivity contribution < 1.29 is 13.2 Å². The van der Waals surface area contributed by atoms with Gasteiger partial charge in [-0.1, -0.05) is 43.8 Å². The molecular formula is C25H28F3N7. The minimum absolute atomic E-state index is 0.000369. The van der Waals surface area contributed by atoms with Crippen molar-refractivity contribution in [3.8, 4) is 0 Å². The molecule has 0 atom stereocenters. The molecule has 0 amide bonds. The van der Waals surface area contributed by atoms with Crippen molar-refractivity contribution in [2.24, 2.45) is 10.2 Å². The Labute approximate surface area is 200 Å². The second-order valence-corrected chi connectivity index (χ2v) is 9.22. The molecule has 2 aliphatic rings. The van der Waals surface area contributed by atoms with Gasteiger partial charge in [0.2, 0.25) is 0 Å². The zero-order chi connectivity index (χ0) is 24.6. The van der Waals surface area contributed by atoms with E-state index in [4.69, 9.17) is 4.98 Å². The van der Waals surface area contributed by atoms with Gasteiger partial charge in [0, 0.05) is 29.1 Å². The summed E-state index contributed by atoms with van der Waals surface area (Å²) in [7, 11) is 0. The predicted octanol–water partition coefficient (Wildman–Crippen LogP) is 3.84. The van der Waals surface area contributed by atoms with E-state index >= 15 is 0 Å². The zero-order valence-electron chi connectivity index (χ0n) is 19.5. The lowest BCUT2D eigenvalue weighted by molar-refractivity contribution is -0.166. The van der Waals surface area contributed by atoms with E-state index in [1.165, 1.54) is 31.4 Å². The molecule has 0 aliphatic carbocycles. The summed E-state index contributed by atoms with van der Waals surface area (Å²) >= 11 is 0. The van der Waals surface area contributed by atoms with E-state index in [0.29, 0.717) is 28.2 Å². The second kappa shape index (κ2) is 9.07. The van der Waals surface area contributed by atoms with Crippen LogP contribution in [0.3, 0.4) is 0 Å². The summed E-state index contributed by atoms with van der Waals surface area (Å²) in [5, 5.41) is 12.2. The highest BCUT2D eigenvalue weighted by Crippen LogP contribution is 2.52. The van der Waals surface area contributed by atoms with Crippen LogP contribution in [0.2, 0.25) is 0 Å². The van der Waals surface area contributed by atoms with E-state index in [1.54, 1.807) is 12.1 Å². The molecule has 1 fully saturated rings. The molecule has 4 heterocycles. The summed E-state index contributed by atoms with van der Waals surface area (Å²) in [6.07, 6.45) is 0.509. The van der Waals surface area contributed by atoms with Gasteiger partial charge in [0.1, 0.15) is 17.3 Å². The number of aromatic amines is 1. The predicted molar refractivity (Wildman–Crippen MR) is 129 cm³/mol. The smallest absolute Gasteiger partial charge is 0.369 e. The van der Waals surface area contributed by atoms with E-state index in [2.05, 4.69) is 43.6 Å². The van der Waals surface area contributed by atoms with Crippen molar-refractivity contribution in [3.63, 3.8) is 0 Å². The van der Waals surface area contributed by atoms with E-state index in [1.807, 2.05) is 0 Å². The molecule has 2 N–H and O–H groups in total. The molecule has 1 saturated heterocycles. The number of H-pyrrole nitrogens is 1. The summed E-state index contributed by atoms with van der Waals surface area (Å²) < 4.78 is 40.3. The van der Waals surface area contributed by atoms with Crippen molar-refractivity contribution in [3.05, 3.63) is 51.8 Å². The maximum Gasteiger partial charge on any atom is 0.442 e. The van der Waals surface area contributed by atoms with Crippen molar-refractivity contribution in [1.29, 1.82) is 0 Å². The van der Waals surface area contributed by atoms with Crippen LogP contribution in [0.5, 0.6) is 0 Å². The van der Waals surface area contributed by atoms with E-state index < -0.39 is 11.8 Å². The number of aromatic nitrogens is 3. The lowest BCUT2D eigenvalue weighted by Gasteiger charge is -2.26. The highest BCUT2D eigenvalue weighted by Gasteiger charge is 2.65. The highest BCUT2D eigenvalue weighted by atomic mass is 19.4. The van der Waals surface area contributed by atoms with Gasteiger partial charge in [-0.3, -0.25) is 0 Å². The molecule has 35 heavy (non-hydrogen) atoms. The van der Waals surface area contributed by atoms with E-state index in [0.717, 1.165) is 43.2 Å². The third kappa shape index (κ3) is 4.67. The van der Waals surface area contributed by atoms with Gasteiger partial charge in [0.25, 0.3) is 0 Å². The topological polar surface area (TPSA) is 81.6 Å². The zero-order valence-corrected chi connectivity index (χ0v) is 19.5. The maximum atomic E-state index is 13.4. The number of fused-ring (bicyclic) bond motifs is 1. The number of hydrogen-bond acceptors (Lipinski definition) is 6. The molecule has 2 aliphatic heterocycles. The minimum Gasteiger partial charge on any atom is -0.369 e. The van der Waals surface area contributed by atoms with Crippen LogP contribution >= 0.6 is 0 Å². The van der Waals surface area contributed by atoms with Crippen LogP contribution in [0.4, 0.5) is 19.0 Å². The highest BCUT2D eigenvalue weighted by molar-refractivity contribution is 5.87. The largest absolute Gasteiger partial charge is 0.442 e. The Morgan fingerprint density at radius 3 is 2.57 bits per heavy atom. The summed E-state index contributed by atoms with van der Waals surface area (Å²) in [4.78, 5) is 15.0. The third-order valence-electron chi connectivity index (χ3n) is 6.67. The summed E-state index contributed by atoms with van der Waals surface area (Å²) in [6, 6.07) is 6.20. The van der Waals surface area contributed by atoms with Crippen LogP contribution in [0.25, 0.3) is 24.2 Å². The quantitative estimate of drug-likeness (QED) is 0.477. The number of alkyl halides is 3. The molecule has 7 nitrogen and oxygen atoms in total. The van der Waals surface area contributed by atoms with E-state index in [9.17, 15) is 13.2 Å². The van der Waals surface area contributed by atoms with Crippen LogP contribution in [0, 0.1) is 0 Å². The van der Waals surface area contributed by atoms with Gasteiger partial charge in [0.15, 0.2) is 0 Å². The molecule has 0 radical (unpaired) electrons. The van der Waals surface area contributed by atoms with Crippen LogP contribution in [0.1, 0.15) is 42.6 Å². The average Bonchev–Trinajstić information content (AvgIpc) is 3.60. The molecule has 5 rings (SSSR count). The number of rotatable bonds is 8. The number of hydrogen-bond donors (Lipinski definition) is 2. The Morgan fingerprint density at radius 1 is 1.09 bits per heavy atom. The van der Waals surface area contributed by atoms with Crippen molar-refractivity contribution in [2.75, 3.05) is 31.5 Å². The van der Waals surface area contributed by atoms with Gasteiger partial charge in [-0.25, -0.2) is 9.97 Å². The van der Waals surface area contributed by atoms with Gasteiger partial charge in [-0.05, 0) is 44.5 Å². The number of benzene rings is 1. The lowest BCUT2D eigenvalue weighted by atomic mass is 9.99. The minimum atomic E-state index is -4.56. The standard InChI is InChI=1S/C25H28F3N7/c1-16-17(2)30-23-21(16)22(29-10-7-13-35-11-4-3-5-12-35)31-20(32-23)15-18-8-6-9-19(14-18)24(33-34-24)25(26,27)28/h6,8-9,14H,1-5,7,10-13,15H2,(H2,29,30,31,32). The fourth-order valence-corrected chi connectivity index (χ4v) is 4.68. The van der Waals surface area contributed by atoms with Crippen LogP contribution in [-0.2, 0) is 12.1 Å². The first-order chi connectivity index (χ1) is 16.8. The molecule has 1 aromatic carbocycles. The molecule has 0 saturated carbocycles. The molecule has 0 spiro atoms. The first kappa shape index (κ1) is 23.5. The fraction of sp³-hybridized carbons (Fsp3) is 0.440. The first-order valence-electron chi connectivity index (χ1n) is 11.9.